The first-order valence-corrected chi connectivity index (χ1v) is 9.73. The third kappa shape index (κ3) is 11.7. The molecule has 0 aliphatic carbocycles. The Labute approximate surface area is 184 Å². The third-order valence-electron chi connectivity index (χ3n) is 4.17. The number of guanidine groups is 1. The molecule has 0 saturated carbocycles. The van der Waals surface area contributed by atoms with E-state index in [1.54, 1.807) is 0 Å². The zero-order chi connectivity index (χ0) is 24.8. The number of aliphatic hydroxyl groups excluding tert-OH is 1. The minimum Gasteiger partial charge on any atom is -0.480 e. The molecule has 0 fully saturated rings. The van der Waals surface area contributed by atoms with E-state index in [2.05, 4.69) is 15.6 Å². The predicted molar refractivity (Wildman–Crippen MR) is 113 cm³/mol. The zero-order valence-electron chi connectivity index (χ0n) is 17.7. The Hall–Kier alpha value is -3.46. The molecule has 32 heavy (non-hydrogen) atoms. The van der Waals surface area contributed by atoms with Gasteiger partial charge in [0.15, 0.2) is 5.96 Å². The molecule has 15 heteroatoms. The molecule has 0 heterocycles. The fraction of sp³-hybridized carbons (Fsp3) is 0.647. The van der Waals surface area contributed by atoms with Gasteiger partial charge in [0.2, 0.25) is 23.6 Å². The third-order valence-corrected chi connectivity index (χ3v) is 4.17. The lowest BCUT2D eigenvalue weighted by Crippen LogP contribution is -2.56. The van der Waals surface area contributed by atoms with Gasteiger partial charge in [0.05, 0.1) is 12.6 Å². The molecule has 0 aliphatic rings. The van der Waals surface area contributed by atoms with E-state index in [9.17, 15) is 24.0 Å². The number of rotatable bonds is 15. The molecule has 4 unspecified atom stereocenters. The number of carboxylic acids is 1. The Morgan fingerprint density at radius 1 is 0.906 bits per heavy atom. The molecule has 13 N–H and O–H groups in total. The molecule has 0 saturated heterocycles. The molecular weight excluding hydrogens is 428 g/mol. The van der Waals surface area contributed by atoms with Crippen molar-refractivity contribution >= 4 is 35.6 Å². The second-order valence-corrected chi connectivity index (χ2v) is 6.93. The standard InChI is InChI=1S/C17H32N8O7/c1-8(13(28)25-11(7-26)16(31)32)23-15(30)10(4-5-12(19)27)24-14(29)9(18)3-2-6-22-17(20)21/h8-11,26H,2-7,18H2,1H3,(H2,19,27)(H,23,30)(H,24,29)(H,25,28)(H,31,32)(H4,20,21,22). The molecule has 0 rings (SSSR count). The van der Waals surface area contributed by atoms with Crippen LogP contribution in [0.3, 0.4) is 0 Å². The molecule has 182 valence electrons. The van der Waals surface area contributed by atoms with E-state index >= 15 is 0 Å². The van der Waals surface area contributed by atoms with Gasteiger partial charge in [-0.05, 0) is 26.2 Å². The van der Waals surface area contributed by atoms with Gasteiger partial charge >= 0.3 is 5.97 Å². The Bertz CT molecular complexity index is 711. The zero-order valence-corrected chi connectivity index (χ0v) is 17.7. The van der Waals surface area contributed by atoms with Crippen molar-refractivity contribution in [2.24, 2.45) is 27.9 Å². The summed E-state index contributed by atoms with van der Waals surface area (Å²) in [4.78, 5) is 62.7. The monoisotopic (exact) mass is 460 g/mol. The number of nitrogens with zero attached hydrogens (tertiary/aromatic N) is 1. The van der Waals surface area contributed by atoms with Crippen molar-refractivity contribution in [3.05, 3.63) is 0 Å². The van der Waals surface area contributed by atoms with Crippen LogP contribution in [0.4, 0.5) is 0 Å². The minimum absolute atomic E-state index is 0.0990. The van der Waals surface area contributed by atoms with Gasteiger partial charge in [-0.25, -0.2) is 4.79 Å². The summed E-state index contributed by atoms with van der Waals surface area (Å²) in [6.07, 6.45) is 0.224. The average molecular weight is 460 g/mol. The van der Waals surface area contributed by atoms with Gasteiger partial charge in [0.1, 0.15) is 18.1 Å². The van der Waals surface area contributed by atoms with Gasteiger partial charge in [-0.15, -0.1) is 0 Å². The summed E-state index contributed by atoms with van der Waals surface area (Å²) in [5.74, 6) is -4.64. The van der Waals surface area contributed by atoms with Crippen molar-refractivity contribution in [1.29, 1.82) is 0 Å². The molecule has 0 aliphatic heterocycles. The maximum atomic E-state index is 12.5. The number of hydrogen-bond donors (Lipinski definition) is 9. The van der Waals surface area contributed by atoms with Crippen LogP contribution in [0.2, 0.25) is 0 Å². The van der Waals surface area contributed by atoms with E-state index < -0.39 is 60.4 Å². The van der Waals surface area contributed by atoms with Crippen molar-refractivity contribution in [2.75, 3.05) is 13.2 Å². The van der Waals surface area contributed by atoms with E-state index in [0.29, 0.717) is 6.42 Å². The summed E-state index contributed by atoms with van der Waals surface area (Å²) in [5.41, 5.74) is 21.3. The quantitative estimate of drug-likeness (QED) is 0.0638. The van der Waals surface area contributed by atoms with Crippen LogP contribution < -0.4 is 38.9 Å². The first-order valence-electron chi connectivity index (χ1n) is 9.73. The van der Waals surface area contributed by atoms with Crippen molar-refractivity contribution in [3.8, 4) is 0 Å². The van der Waals surface area contributed by atoms with E-state index in [-0.39, 0.29) is 31.8 Å². The highest BCUT2D eigenvalue weighted by molar-refractivity contribution is 5.94. The highest BCUT2D eigenvalue weighted by Crippen LogP contribution is 2.02. The summed E-state index contributed by atoms with van der Waals surface area (Å²) in [5, 5.41) is 24.6. The summed E-state index contributed by atoms with van der Waals surface area (Å²) in [6, 6.07) is -4.99. The van der Waals surface area contributed by atoms with Crippen molar-refractivity contribution in [2.45, 2.75) is 56.8 Å². The number of carbonyl (C=O) groups is 5. The number of hydrogen-bond acceptors (Lipinski definition) is 8. The predicted octanol–water partition coefficient (Wildman–Crippen LogP) is -4.82. The molecule has 4 atom stereocenters. The van der Waals surface area contributed by atoms with Gasteiger partial charge < -0.3 is 49.1 Å². The number of carbonyl (C=O) groups excluding carboxylic acids is 4. The van der Waals surface area contributed by atoms with Crippen LogP contribution in [-0.4, -0.2) is 83.1 Å². The largest absolute Gasteiger partial charge is 0.480 e. The number of aliphatic imine (C=N–C) groups is 1. The second kappa shape index (κ2) is 14.5. The molecular formula is C17H32N8O7. The Balaban J connectivity index is 5.00. The number of carboxylic acid groups (broad SMARTS) is 1. The van der Waals surface area contributed by atoms with Gasteiger partial charge in [-0.3, -0.25) is 24.2 Å². The molecule has 0 aromatic rings. The Morgan fingerprint density at radius 3 is 2.00 bits per heavy atom. The van der Waals surface area contributed by atoms with Gasteiger partial charge in [0.25, 0.3) is 0 Å². The Kier molecular flexibility index (Phi) is 13.0. The number of primary amides is 1. The Morgan fingerprint density at radius 2 is 1.50 bits per heavy atom. The molecule has 0 bridgehead atoms. The fourth-order valence-corrected chi connectivity index (χ4v) is 2.35. The SMILES string of the molecule is CC(NC(=O)C(CCC(N)=O)NC(=O)C(N)CCCN=C(N)N)C(=O)NC(CO)C(=O)O. The lowest BCUT2D eigenvalue weighted by atomic mass is 10.1. The van der Waals surface area contributed by atoms with Gasteiger partial charge in [-0.2, -0.15) is 0 Å². The first-order chi connectivity index (χ1) is 14.9. The summed E-state index contributed by atoms with van der Waals surface area (Å²) in [7, 11) is 0. The topological polar surface area (TPSA) is 278 Å². The van der Waals surface area contributed by atoms with E-state index in [1.165, 1.54) is 6.92 Å². The molecule has 4 amide bonds. The fourth-order valence-electron chi connectivity index (χ4n) is 2.35. The van der Waals surface area contributed by atoms with Crippen LogP contribution in [0.15, 0.2) is 4.99 Å². The maximum absolute atomic E-state index is 12.5. The lowest BCUT2D eigenvalue weighted by Gasteiger charge is -2.23. The molecule has 0 aromatic carbocycles. The number of aliphatic hydroxyl groups is 1. The van der Waals surface area contributed by atoms with E-state index in [0.717, 1.165) is 0 Å². The van der Waals surface area contributed by atoms with Crippen LogP contribution >= 0.6 is 0 Å². The van der Waals surface area contributed by atoms with Crippen LogP contribution in [0, 0.1) is 0 Å². The average Bonchev–Trinajstić information content (AvgIpc) is 2.70. The van der Waals surface area contributed by atoms with Crippen molar-refractivity contribution < 1.29 is 34.2 Å². The number of amides is 4. The molecule has 0 spiro atoms. The second-order valence-electron chi connectivity index (χ2n) is 6.93. The van der Waals surface area contributed by atoms with E-state index in [4.69, 9.17) is 33.1 Å². The van der Waals surface area contributed by atoms with E-state index in [1.807, 2.05) is 5.32 Å². The van der Waals surface area contributed by atoms with Crippen LogP contribution in [0.5, 0.6) is 0 Å². The smallest absolute Gasteiger partial charge is 0.328 e. The van der Waals surface area contributed by atoms with Crippen molar-refractivity contribution in [3.63, 3.8) is 0 Å². The van der Waals surface area contributed by atoms with Crippen LogP contribution in [-0.2, 0) is 24.0 Å². The van der Waals surface area contributed by atoms with Gasteiger partial charge in [0, 0.05) is 13.0 Å². The highest BCUT2D eigenvalue weighted by Gasteiger charge is 2.28. The number of nitrogens with two attached hydrogens (primary N) is 4. The summed E-state index contributed by atoms with van der Waals surface area (Å²) in [6.45, 7) is 0.679. The summed E-state index contributed by atoms with van der Waals surface area (Å²) < 4.78 is 0. The minimum atomic E-state index is -1.55. The maximum Gasteiger partial charge on any atom is 0.328 e. The normalized spacial score (nSPS) is 14.2. The summed E-state index contributed by atoms with van der Waals surface area (Å²) >= 11 is 0. The van der Waals surface area contributed by atoms with Crippen molar-refractivity contribution in [1.82, 2.24) is 16.0 Å². The molecule has 0 radical (unpaired) electrons. The molecule has 0 aromatic heterocycles. The lowest BCUT2D eigenvalue weighted by molar-refractivity contribution is -0.143. The number of aliphatic carboxylic acids is 1. The van der Waals surface area contributed by atoms with Gasteiger partial charge in [-0.1, -0.05) is 0 Å². The molecule has 15 nitrogen and oxygen atoms in total. The highest BCUT2D eigenvalue weighted by atomic mass is 16.4. The van der Waals surface area contributed by atoms with Crippen LogP contribution in [0.1, 0.15) is 32.6 Å². The first kappa shape index (κ1) is 28.5. The van der Waals surface area contributed by atoms with Crippen LogP contribution in [0.25, 0.3) is 0 Å². The number of nitrogens with one attached hydrogen (secondary N) is 3.